The van der Waals surface area contributed by atoms with Gasteiger partial charge < -0.3 is 10.6 Å². The summed E-state index contributed by atoms with van der Waals surface area (Å²) in [6.45, 7) is 6.60. The van der Waals surface area contributed by atoms with Gasteiger partial charge in [-0.25, -0.2) is 4.98 Å². The van der Waals surface area contributed by atoms with Gasteiger partial charge in [-0.3, -0.25) is 9.59 Å². The molecule has 3 rings (SSSR count). The molecule has 0 unspecified atom stereocenters. The first-order chi connectivity index (χ1) is 14.8. The number of carbonyl (C=O) groups excluding carboxylic acids is 2. The summed E-state index contributed by atoms with van der Waals surface area (Å²) in [7, 11) is 0. The zero-order valence-corrected chi connectivity index (χ0v) is 20.0. The van der Waals surface area contributed by atoms with Crippen LogP contribution < -0.4 is 10.6 Å². The third-order valence-electron chi connectivity index (χ3n) is 4.45. The minimum absolute atomic E-state index is 0.113. The molecule has 0 bridgehead atoms. The molecule has 0 fully saturated rings. The maximum atomic E-state index is 13.0. The van der Waals surface area contributed by atoms with Crippen LogP contribution >= 0.6 is 27.7 Å². The molecule has 0 radical (unpaired) electrons. The lowest BCUT2D eigenvalue weighted by Gasteiger charge is -2.13. The maximum Gasteiger partial charge on any atom is 0.256 e. The molecule has 0 aliphatic heterocycles. The average Bonchev–Trinajstić information content (AvgIpc) is 2.75. The molecular formula is C24H24BrN3O2S. The van der Waals surface area contributed by atoms with Crippen molar-refractivity contribution < 1.29 is 9.59 Å². The Labute approximate surface area is 195 Å². The van der Waals surface area contributed by atoms with E-state index in [1.54, 1.807) is 30.5 Å². The highest BCUT2D eigenvalue weighted by atomic mass is 79.9. The quantitative estimate of drug-likeness (QED) is 0.423. The molecule has 2 amide bonds. The van der Waals surface area contributed by atoms with Gasteiger partial charge in [-0.15, -0.1) is 0 Å². The summed E-state index contributed by atoms with van der Waals surface area (Å²) in [6, 6.07) is 16.5. The van der Waals surface area contributed by atoms with E-state index in [-0.39, 0.29) is 11.8 Å². The lowest BCUT2D eigenvalue weighted by atomic mass is 10.1. The molecule has 0 spiro atoms. The zero-order valence-electron chi connectivity index (χ0n) is 17.6. The molecule has 2 aromatic carbocycles. The molecule has 1 heterocycles. The van der Waals surface area contributed by atoms with Gasteiger partial charge in [0.2, 0.25) is 0 Å². The number of benzene rings is 2. The minimum atomic E-state index is -0.208. The second-order valence-corrected chi connectivity index (χ2v) is 9.48. The van der Waals surface area contributed by atoms with Gasteiger partial charge in [0, 0.05) is 33.4 Å². The first-order valence-corrected chi connectivity index (χ1v) is 11.5. The first kappa shape index (κ1) is 23.0. The number of anilines is 1. The monoisotopic (exact) mass is 497 g/mol. The largest absolute Gasteiger partial charge is 0.352 e. The highest BCUT2D eigenvalue weighted by molar-refractivity contribution is 9.10. The van der Waals surface area contributed by atoms with Crippen LogP contribution in [0.15, 0.2) is 75.2 Å². The van der Waals surface area contributed by atoms with Crippen LogP contribution in [0.3, 0.4) is 0 Å². The molecule has 2 N–H and O–H groups in total. The van der Waals surface area contributed by atoms with Crippen molar-refractivity contribution in [3.05, 3.63) is 82.0 Å². The van der Waals surface area contributed by atoms with Gasteiger partial charge >= 0.3 is 0 Å². The number of carbonyl (C=O) groups is 2. The van der Waals surface area contributed by atoms with Crippen molar-refractivity contribution in [1.29, 1.82) is 0 Å². The van der Waals surface area contributed by atoms with Crippen LogP contribution in [0.2, 0.25) is 0 Å². The molecule has 0 saturated carbocycles. The standard InChI is InChI=1S/C24H24BrN3O2S/c1-15(2)13-27-23(29)17-8-10-20(16(3)12-17)28-24(30)19-6-4-5-7-21(19)31-22-11-9-18(25)14-26-22/h4-12,14-15H,13H2,1-3H3,(H,27,29)(H,28,30). The van der Waals surface area contributed by atoms with Crippen LogP contribution in [0.4, 0.5) is 5.69 Å². The van der Waals surface area contributed by atoms with E-state index in [0.29, 0.717) is 29.3 Å². The number of aromatic nitrogens is 1. The Morgan fingerprint density at radius 2 is 1.84 bits per heavy atom. The van der Waals surface area contributed by atoms with E-state index in [2.05, 4.69) is 31.5 Å². The second kappa shape index (κ2) is 10.6. The fourth-order valence-corrected chi connectivity index (χ4v) is 3.93. The number of hydrogen-bond donors (Lipinski definition) is 2. The summed E-state index contributed by atoms with van der Waals surface area (Å²) in [5.41, 5.74) is 2.64. The predicted octanol–water partition coefficient (Wildman–Crippen LogP) is 5.94. The van der Waals surface area contributed by atoms with E-state index in [1.807, 2.05) is 51.1 Å². The molecule has 5 nitrogen and oxygen atoms in total. The van der Waals surface area contributed by atoms with Crippen LogP contribution in [0.25, 0.3) is 0 Å². The van der Waals surface area contributed by atoms with E-state index in [0.717, 1.165) is 20.0 Å². The Kier molecular flexibility index (Phi) is 7.87. The maximum absolute atomic E-state index is 13.0. The molecule has 3 aromatic rings. The summed E-state index contributed by atoms with van der Waals surface area (Å²) in [5, 5.41) is 6.68. The number of amides is 2. The minimum Gasteiger partial charge on any atom is -0.352 e. The molecule has 0 aliphatic rings. The summed E-state index contributed by atoms with van der Waals surface area (Å²) in [6.07, 6.45) is 1.73. The predicted molar refractivity (Wildman–Crippen MR) is 129 cm³/mol. The highest BCUT2D eigenvalue weighted by Gasteiger charge is 2.15. The number of halogens is 1. The van der Waals surface area contributed by atoms with Gasteiger partial charge in [0.15, 0.2) is 0 Å². The zero-order chi connectivity index (χ0) is 22.4. The molecule has 0 saturated heterocycles. The highest BCUT2D eigenvalue weighted by Crippen LogP contribution is 2.30. The van der Waals surface area contributed by atoms with Crippen molar-refractivity contribution in [1.82, 2.24) is 10.3 Å². The Balaban J connectivity index is 1.74. The molecule has 1 aromatic heterocycles. The van der Waals surface area contributed by atoms with E-state index < -0.39 is 0 Å². The van der Waals surface area contributed by atoms with Crippen molar-refractivity contribution >= 4 is 45.2 Å². The third kappa shape index (κ3) is 6.42. The van der Waals surface area contributed by atoms with Crippen molar-refractivity contribution in [2.75, 3.05) is 11.9 Å². The summed E-state index contributed by atoms with van der Waals surface area (Å²) in [5.74, 6) is 0.0629. The van der Waals surface area contributed by atoms with Gasteiger partial charge in [-0.2, -0.15) is 0 Å². The summed E-state index contributed by atoms with van der Waals surface area (Å²) < 4.78 is 0.902. The molecule has 0 atom stereocenters. The lowest BCUT2D eigenvalue weighted by molar-refractivity contribution is 0.0948. The number of pyridine rings is 1. The van der Waals surface area contributed by atoms with Crippen molar-refractivity contribution in [3.8, 4) is 0 Å². The fourth-order valence-electron chi connectivity index (χ4n) is 2.81. The van der Waals surface area contributed by atoms with Crippen LogP contribution in [0.1, 0.15) is 40.1 Å². The Morgan fingerprint density at radius 3 is 2.52 bits per heavy atom. The first-order valence-electron chi connectivity index (χ1n) is 9.92. The number of rotatable bonds is 7. The number of nitrogens with zero attached hydrogens (tertiary/aromatic N) is 1. The van der Waals surface area contributed by atoms with E-state index in [4.69, 9.17) is 0 Å². The molecule has 7 heteroatoms. The Hall–Kier alpha value is -2.64. The van der Waals surface area contributed by atoms with Gasteiger partial charge in [0.1, 0.15) is 5.03 Å². The number of nitrogens with one attached hydrogen (secondary N) is 2. The van der Waals surface area contributed by atoms with Crippen molar-refractivity contribution in [2.24, 2.45) is 5.92 Å². The van der Waals surface area contributed by atoms with E-state index >= 15 is 0 Å². The van der Waals surface area contributed by atoms with Crippen molar-refractivity contribution in [2.45, 2.75) is 30.7 Å². The average molecular weight is 498 g/mol. The summed E-state index contributed by atoms with van der Waals surface area (Å²) in [4.78, 5) is 30.5. The van der Waals surface area contributed by atoms with Gasteiger partial charge in [0.05, 0.1) is 5.56 Å². The third-order valence-corrected chi connectivity index (χ3v) is 5.95. The number of aryl methyl sites for hydroxylation is 1. The Morgan fingerprint density at radius 1 is 1.06 bits per heavy atom. The normalized spacial score (nSPS) is 10.7. The van der Waals surface area contributed by atoms with Crippen molar-refractivity contribution in [3.63, 3.8) is 0 Å². The van der Waals surface area contributed by atoms with Crippen LogP contribution in [-0.4, -0.2) is 23.3 Å². The van der Waals surface area contributed by atoms with Crippen LogP contribution in [0.5, 0.6) is 0 Å². The van der Waals surface area contributed by atoms with Crippen LogP contribution in [-0.2, 0) is 0 Å². The van der Waals surface area contributed by atoms with Gasteiger partial charge in [-0.1, -0.05) is 37.7 Å². The van der Waals surface area contributed by atoms with Gasteiger partial charge in [0.25, 0.3) is 11.8 Å². The lowest BCUT2D eigenvalue weighted by Crippen LogP contribution is -2.27. The smallest absolute Gasteiger partial charge is 0.256 e. The topological polar surface area (TPSA) is 71.1 Å². The number of hydrogen-bond acceptors (Lipinski definition) is 4. The Bertz CT molecular complexity index is 1080. The SMILES string of the molecule is Cc1cc(C(=O)NCC(C)C)ccc1NC(=O)c1ccccc1Sc1ccc(Br)cn1. The molecule has 0 aliphatic carbocycles. The van der Waals surface area contributed by atoms with Gasteiger partial charge in [-0.05, 0) is 76.8 Å². The molecule has 160 valence electrons. The second-order valence-electron chi connectivity index (χ2n) is 7.50. The summed E-state index contributed by atoms with van der Waals surface area (Å²) >= 11 is 4.81. The van der Waals surface area contributed by atoms with Crippen LogP contribution in [0, 0.1) is 12.8 Å². The fraction of sp³-hybridized carbons (Fsp3) is 0.208. The van der Waals surface area contributed by atoms with E-state index in [1.165, 1.54) is 11.8 Å². The molecular weight excluding hydrogens is 474 g/mol. The van der Waals surface area contributed by atoms with E-state index in [9.17, 15) is 9.59 Å². The molecule has 31 heavy (non-hydrogen) atoms.